The van der Waals surface area contributed by atoms with Crippen LogP contribution in [0.25, 0.3) is 11.0 Å². The molecule has 0 aliphatic carbocycles. The third-order valence-electron chi connectivity index (χ3n) is 2.73. The van der Waals surface area contributed by atoms with Crippen molar-refractivity contribution in [2.24, 2.45) is 0 Å². The van der Waals surface area contributed by atoms with Crippen LogP contribution >= 0.6 is 23.2 Å². The number of hydrogen-bond donors (Lipinski definition) is 0. The molecule has 2 heterocycles. The first-order valence-corrected chi connectivity index (χ1v) is 7.70. The Kier molecular flexibility index (Phi) is 3.16. The minimum Gasteiger partial charge on any atom is -0.236 e. The smallest absolute Gasteiger partial charge is 0.236 e. The van der Waals surface area contributed by atoms with Gasteiger partial charge in [-0.05, 0) is 29.8 Å². The van der Waals surface area contributed by atoms with E-state index in [9.17, 15) is 8.42 Å². The molecule has 20 heavy (non-hydrogen) atoms. The fraction of sp³-hybridized carbons (Fsp3) is 0. The van der Waals surface area contributed by atoms with Gasteiger partial charge in [-0.2, -0.15) is 0 Å². The lowest BCUT2D eigenvalue weighted by atomic mass is 10.4. The quantitative estimate of drug-likeness (QED) is 0.536. The van der Waals surface area contributed by atoms with E-state index >= 15 is 0 Å². The Morgan fingerprint density at radius 2 is 1.70 bits per heavy atom. The van der Waals surface area contributed by atoms with Gasteiger partial charge in [-0.25, -0.2) is 22.4 Å². The molecule has 0 aliphatic heterocycles. The largest absolute Gasteiger partial charge is 0.268 e. The van der Waals surface area contributed by atoms with Gasteiger partial charge in [0, 0.05) is 6.20 Å². The molecule has 0 unspecified atom stereocenters. The Morgan fingerprint density at radius 1 is 1.00 bits per heavy atom. The summed E-state index contributed by atoms with van der Waals surface area (Å²) in [5, 5.41) is -0.0399. The highest BCUT2D eigenvalue weighted by Gasteiger charge is 2.21. The van der Waals surface area contributed by atoms with Crippen molar-refractivity contribution in [3.63, 3.8) is 0 Å². The maximum absolute atomic E-state index is 12.6. The number of nitrogens with zero attached hydrogens (tertiary/aromatic N) is 3. The zero-order chi connectivity index (χ0) is 14.3. The predicted octanol–water partition coefficient (Wildman–Crippen LogP) is 2.98. The number of rotatable bonds is 2. The van der Waals surface area contributed by atoms with Gasteiger partial charge in [0.2, 0.25) is 5.28 Å². The SMILES string of the molecule is O=S(=O)(c1ccccc1)n1ccc2nc(Cl)nc(Cl)c21. The Balaban J connectivity index is 2.31. The molecule has 0 amide bonds. The van der Waals surface area contributed by atoms with E-state index in [0.717, 1.165) is 3.97 Å². The summed E-state index contributed by atoms with van der Waals surface area (Å²) in [7, 11) is -3.75. The number of hydrogen-bond acceptors (Lipinski definition) is 4. The van der Waals surface area contributed by atoms with Gasteiger partial charge in [-0.15, -0.1) is 0 Å². The molecule has 0 fully saturated rings. The van der Waals surface area contributed by atoms with E-state index in [4.69, 9.17) is 23.2 Å². The highest BCUT2D eigenvalue weighted by molar-refractivity contribution is 7.90. The van der Waals surface area contributed by atoms with Crippen LogP contribution in [-0.2, 0) is 10.0 Å². The van der Waals surface area contributed by atoms with Gasteiger partial charge in [-0.1, -0.05) is 29.8 Å². The zero-order valence-electron chi connectivity index (χ0n) is 9.86. The van der Waals surface area contributed by atoms with E-state index in [-0.39, 0.29) is 20.8 Å². The molecule has 5 nitrogen and oxygen atoms in total. The lowest BCUT2D eigenvalue weighted by Gasteiger charge is -2.07. The summed E-state index contributed by atoms with van der Waals surface area (Å²) in [6.07, 6.45) is 1.38. The second-order valence-electron chi connectivity index (χ2n) is 3.95. The third kappa shape index (κ3) is 2.06. The van der Waals surface area contributed by atoms with Crippen molar-refractivity contribution in [2.75, 3.05) is 0 Å². The number of benzene rings is 1. The summed E-state index contributed by atoms with van der Waals surface area (Å²) < 4.78 is 26.2. The first-order valence-electron chi connectivity index (χ1n) is 5.51. The molecule has 3 aromatic rings. The maximum atomic E-state index is 12.6. The van der Waals surface area contributed by atoms with Crippen molar-refractivity contribution in [3.8, 4) is 0 Å². The van der Waals surface area contributed by atoms with Crippen molar-refractivity contribution < 1.29 is 8.42 Å². The molecule has 0 bridgehead atoms. The van der Waals surface area contributed by atoms with Gasteiger partial charge in [0.25, 0.3) is 10.0 Å². The van der Waals surface area contributed by atoms with Crippen LogP contribution in [0.15, 0.2) is 47.5 Å². The van der Waals surface area contributed by atoms with Crippen molar-refractivity contribution in [1.82, 2.24) is 13.9 Å². The molecular formula is C12H7Cl2N3O2S. The summed E-state index contributed by atoms with van der Waals surface area (Å²) in [6.45, 7) is 0. The molecule has 0 spiro atoms. The third-order valence-corrected chi connectivity index (χ3v) is 4.85. The summed E-state index contributed by atoms with van der Waals surface area (Å²) >= 11 is 11.7. The van der Waals surface area contributed by atoms with Gasteiger partial charge < -0.3 is 0 Å². The molecular weight excluding hydrogens is 321 g/mol. The minimum absolute atomic E-state index is 0.00972. The van der Waals surface area contributed by atoms with Crippen LogP contribution in [0.5, 0.6) is 0 Å². The van der Waals surface area contributed by atoms with Gasteiger partial charge in [-0.3, -0.25) is 0 Å². The van der Waals surface area contributed by atoms with Crippen LogP contribution in [0, 0.1) is 0 Å². The molecule has 0 saturated heterocycles. The fourth-order valence-electron chi connectivity index (χ4n) is 1.86. The van der Waals surface area contributed by atoms with Crippen LogP contribution < -0.4 is 0 Å². The Bertz CT molecular complexity index is 892. The van der Waals surface area contributed by atoms with E-state index in [1.807, 2.05) is 0 Å². The van der Waals surface area contributed by atoms with E-state index in [1.165, 1.54) is 24.4 Å². The summed E-state index contributed by atoms with van der Waals surface area (Å²) in [4.78, 5) is 7.88. The molecule has 1 aromatic carbocycles. The molecule has 2 aromatic heterocycles. The highest BCUT2D eigenvalue weighted by Crippen LogP contribution is 2.26. The first-order chi connectivity index (χ1) is 9.50. The molecule has 102 valence electrons. The van der Waals surface area contributed by atoms with Gasteiger partial charge >= 0.3 is 0 Å². The average molecular weight is 328 g/mol. The lowest BCUT2D eigenvalue weighted by molar-refractivity contribution is 0.589. The van der Waals surface area contributed by atoms with E-state index in [0.29, 0.717) is 5.52 Å². The van der Waals surface area contributed by atoms with Gasteiger partial charge in [0.1, 0.15) is 5.52 Å². The normalized spacial score (nSPS) is 11.9. The maximum Gasteiger partial charge on any atom is 0.268 e. The topological polar surface area (TPSA) is 64.8 Å². The van der Waals surface area contributed by atoms with Gasteiger partial charge in [0.15, 0.2) is 5.15 Å². The highest BCUT2D eigenvalue weighted by atomic mass is 35.5. The zero-order valence-corrected chi connectivity index (χ0v) is 12.2. The van der Waals surface area contributed by atoms with E-state index in [1.54, 1.807) is 18.2 Å². The molecule has 8 heteroatoms. The molecule has 0 aliphatic rings. The van der Waals surface area contributed by atoms with Crippen LogP contribution in [0.2, 0.25) is 10.4 Å². The lowest BCUT2D eigenvalue weighted by Crippen LogP contribution is -2.12. The minimum atomic E-state index is -3.75. The van der Waals surface area contributed by atoms with E-state index < -0.39 is 10.0 Å². The van der Waals surface area contributed by atoms with Crippen LogP contribution in [-0.4, -0.2) is 22.4 Å². The second-order valence-corrected chi connectivity index (χ2v) is 6.46. The van der Waals surface area contributed by atoms with Crippen molar-refractivity contribution in [3.05, 3.63) is 53.0 Å². The molecule has 0 saturated carbocycles. The first kappa shape index (κ1) is 13.4. The Morgan fingerprint density at radius 3 is 2.40 bits per heavy atom. The van der Waals surface area contributed by atoms with Crippen molar-refractivity contribution in [2.45, 2.75) is 4.90 Å². The molecule has 0 radical (unpaired) electrons. The van der Waals surface area contributed by atoms with Crippen LogP contribution in [0.1, 0.15) is 0 Å². The monoisotopic (exact) mass is 327 g/mol. The number of aromatic nitrogens is 3. The van der Waals surface area contributed by atoms with Gasteiger partial charge in [0.05, 0.1) is 10.4 Å². The average Bonchev–Trinajstić information content (AvgIpc) is 2.84. The number of halogens is 2. The molecule has 0 atom stereocenters. The summed E-state index contributed by atoms with van der Waals surface area (Å²) in [5.74, 6) is 0. The fourth-order valence-corrected chi connectivity index (χ4v) is 3.76. The van der Waals surface area contributed by atoms with Crippen molar-refractivity contribution in [1.29, 1.82) is 0 Å². The molecule has 3 rings (SSSR count). The molecule has 0 N–H and O–H groups in total. The van der Waals surface area contributed by atoms with Crippen LogP contribution in [0.3, 0.4) is 0 Å². The van der Waals surface area contributed by atoms with E-state index in [2.05, 4.69) is 9.97 Å². The van der Waals surface area contributed by atoms with Crippen LogP contribution in [0.4, 0.5) is 0 Å². The Hall–Kier alpha value is -1.63. The summed E-state index contributed by atoms with van der Waals surface area (Å²) in [6, 6.07) is 9.57. The second kappa shape index (κ2) is 4.73. The predicted molar refractivity (Wildman–Crippen MR) is 76.6 cm³/mol. The summed E-state index contributed by atoms with van der Waals surface area (Å²) in [5.41, 5.74) is 0.578. The van der Waals surface area contributed by atoms with Crippen molar-refractivity contribution >= 4 is 44.3 Å². The number of fused-ring (bicyclic) bond motifs is 1. The standard InChI is InChI=1S/C12H7Cl2N3O2S/c13-11-10-9(15-12(14)16-11)6-7-17(10)20(18,19)8-4-2-1-3-5-8/h1-7H. The Labute approximate surface area is 124 Å².